The first-order chi connectivity index (χ1) is 9.75. The van der Waals surface area contributed by atoms with Crippen molar-refractivity contribution in [2.24, 2.45) is 0 Å². The zero-order valence-corrected chi connectivity index (χ0v) is 11.2. The van der Waals surface area contributed by atoms with Gasteiger partial charge in [0, 0.05) is 35.5 Å². The second-order valence-electron chi connectivity index (χ2n) is 4.71. The minimum absolute atomic E-state index is 0.0586. The van der Waals surface area contributed by atoms with Crippen LogP contribution in [0.2, 0.25) is 0 Å². The zero-order valence-electron chi connectivity index (χ0n) is 11.2. The number of nitrogens with one attached hydrogen (secondary N) is 2. The topological polar surface area (TPSA) is 57.8 Å². The van der Waals surface area contributed by atoms with Crippen LogP contribution in [0.5, 0.6) is 0 Å². The summed E-state index contributed by atoms with van der Waals surface area (Å²) in [5.41, 5.74) is 3.62. The van der Waals surface area contributed by atoms with Gasteiger partial charge in [-0.2, -0.15) is 0 Å². The lowest BCUT2D eigenvalue weighted by Gasteiger charge is -2.05. The number of carbonyl (C=O) groups is 1. The molecule has 0 atom stereocenters. The maximum Gasteiger partial charge on any atom is 0.253 e. The van der Waals surface area contributed by atoms with Crippen LogP contribution in [0.15, 0.2) is 48.8 Å². The van der Waals surface area contributed by atoms with Crippen molar-refractivity contribution in [1.82, 2.24) is 15.3 Å². The second kappa shape index (κ2) is 5.17. The Hall–Kier alpha value is -2.62. The van der Waals surface area contributed by atoms with E-state index in [2.05, 4.69) is 15.3 Å². The fourth-order valence-electron chi connectivity index (χ4n) is 2.34. The number of H-pyrrole nitrogens is 1. The monoisotopic (exact) mass is 265 g/mol. The number of pyridine rings is 1. The van der Waals surface area contributed by atoms with Crippen molar-refractivity contribution in [2.75, 3.05) is 0 Å². The molecule has 0 aliphatic rings. The molecule has 100 valence electrons. The molecule has 4 nitrogen and oxygen atoms in total. The van der Waals surface area contributed by atoms with Crippen LogP contribution >= 0.6 is 0 Å². The highest BCUT2D eigenvalue weighted by Gasteiger charge is 2.15. The summed E-state index contributed by atoms with van der Waals surface area (Å²) in [6.45, 7) is 2.42. The molecule has 0 saturated carbocycles. The number of hydrogen-bond donors (Lipinski definition) is 2. The minimum atomic E-state index is -0.0586. The van der Waals surface area contributed by atoms with E-state index < -0.39 is 0 Å². The van der Waals surface area contributed by atoms with Gasteiger partial charge in [-0.3, -0.25) is 9.78 Å². The van der Waals surface area contributed by atoms with Gasteiger partial charge in [0.2, 0.25) is 0 Å². The summed E-state index contributed by atoms with van der Waals surface area (Å²) in [5.74, 6) is -0.0586. The Bertz CT molecular complexity index is 747. The van der Waals surface area contributed by atoms with Crippen LogP contribution in [0.3, 0.4) is 0 Å². The maximum absolute atomic E-state index is 12.4. The van der Waals surface area contributed by atoms with E-state index >= 15 is 0 Å². The first kappa shape index (κ1) is 12.4. The summed E-state index contributed by atoms with van der Waals surface area (Å²) < 4.78 is 0. The Labute approximate surface area is 116 Å². The van der Waals surface area contributed by atoms with E-state index in [9.17, 15) is 4.79 Å². The molecule has 1 aromatic carbocycles. The Kier molecular flexibility index (Phi) is 3.21. The third-order valence-electron chi connectivity index (χ3n) is 3.32. The molecule has 20 heavy (non-hydrogen) atoms. The van der Waals surface area contributed by atoms with Crippen LogP contribution in [0.25, 0.3) is 10.9 Å². The van der Waals surface area contributed by atoms with Crippen LogP contribution in [-0.2, 0) is 6.54 Å². The van der Waals surface area contributed by atoms with Gasteiger partial charge in [-0.05, 0) is 30.7 Å². The van der Waals surface area contributed by atoms with Crippen LogP contribution < -0.4 is 5.32 Å². The molecule has 0 spiro atoms. The molecule has 3 aromatic rings. The van der Waals surface area contributed by atoms with E-state index in [0.717, 1.165) is 27.7 Å². The summed E-state index contributed by atoms with van der Waals surface area (Å²) in [6, 6.07) is 11.6. The number of aryl methyl sites for hydroxylation is 1. The Morgan fingerprint density at radius 1 is 1.20 bits per heavy atom. The Balaban J connectivity index is 1.84. The van der Waals surface area contributed by atoms with Crippen LogP contribution in [0.4, 0.5) is 0 Å². The predicted octanol–water partition coefficient (Wildman–Crippen LogP) is 2.80. The van der Waals surface area contributed by atoms with Crippen molar-refractivity contribution >= 4 is 16.8 Å². The minimum Gasteiger partial charge on any atom is -0.358 e. The molecule has 4 heteroatoms. The van der Waals surface area contributed by atoms with E-state index in [1.807, 2.05) is 43.3 Å². The normalized spacial score (nSPS) is 10.7. The van der Waals surface area contributed by atoms with E-state index in [0.29, 0.717) is 6.54 Å². The van der Waals surface area contributed by atoms with Crippen molar-refractivity contribution in [3.63, 3.8) is 0 Å². The molecule has 0 fully saturated rings. The number of nitrogens with zero attached hydrogens (tertiary/aromatic N) is 1. The molecule has 2 heterocycles. The van der Waals surface area contributed by atoms with Crippen LogP contribution in [0.1, 0.15) is 21.6 Å². The number of benzene rings is 1. The van der Waals surface area contributed by atoms with Gasteiger partial charge < -0.3 is 10.3 Å². The SMILES string of the molecule is Cc1[nH]c2ccccc2c1C(=O)NCc1ccncc1. The fraction of sp³-hybridized carbons (Fsp3) is 0.125. The third kappa shape index (κ3) is 2.28. The smallest absolute Gasteiger partial charge is 0.253 e. The van der Waals surface area contributed by atoms with Gasteiger partial charge in [0.25, 0.3) is 5.91 Å². The maximum atomic E-state index is 12.4. The standard InChI is InChI=1S/C16H15N3O/c1-11-15(13-4-2-3-5-14(13)19-11)16(20)18-10-12-6-8-17-9-7-12/h2-9,19H,10H2,1H3,(H,18,20). The lowest BCUT2D eigenvalue weighted by Crippen LogP contribution is -2.23. The highest BCUT2D eigenvalue weighted by molar-refractivity contribution is 6.08. The van der Waals surface area contributed by atoms with Crippen LogP contribution in [-0.4, -0.2) is 15.9 Å². The molecule has 1 amide bonds. The van der Waals surface area contributed by atoms with Gasteiger partial charge in [-0.25, -0.2) is 0 Å². The molecule has 0 unspecified atom stereocenters. The van der Waals surface area contributed by atoms with Crippen molar-refractivity contribution in [1.29, 1.82) is 0 Å². The number of aromatic nitrogens is 2. The summed E-state index contributed by atoms with van der Waals surface area (Å²) in [5, 5.41) is 3.90. The molecular weight excluding hydrogens is 250 g/mol. The van der Waals surface area contributed by atoms with Gasteiger partial charge in [0.15, 0.2) is 0 Å². The molecule has 2 N–H and O–H groups in total. The fourth-order valence-corrected chi connectivity index (χ4v) is 2.34. The number of fused-ring (bicyclic) bond motifs is 1. The average molecular weight is 265 g/mol. The van der Waals surface area contributed by atoms with Crippen molar-refractivity contribution in [2.45, 2.75) is 13.5 Å². The van der Waals surface area contributed by atoms with E-state index in [1.165, 1.54) is 0 Å². The zero-order chi connectivity index (χ0) is 13.9. The number of carbonyl (C=O) groups excluding carboxylic acids is 1. The number of rotatable bonds is 3. The van der Waals surface area contributed by atoms with Gasteiger partial charge in [-0.15, -0.1) is 0 Å². The molecule has 0 aliphatic heterocycles. The van der Waals surface area contributed by atoms with Crippen molar-refractivity contribution < 1.29 is 4.79 Å². The highest BCUT2D eigenvalue weighted by atomic mass is 16.1. The van der Waals surface area contributed by atoms with Crippen molar-refractivity contribution in [3.05, 3.63) is 65.6 Å². The third-order valence-corrected chi connectivity index (χ3v) is 3.32. The molecule has 3 rings (SSSR count). The summed E-state index contributed by atoms with van der Waals surface area (Å²) in [4.78, 5) is 19.6. The largest absolute Gasteiger partial charge is 0.358 e. The Morgan fingerprint density at radius 3 is 2.75 bits per heavy atom. The number of amides is 1. The number of para-hydroxylation sites is 1. The van der Waals surface area contributed by atoms with E-state index in [4.69, 9.17) is 0 Å². The molecular formula is C16H15N3O. The first-order valence-electron chi connectivity index (χ1n) is 6.50. The van der Waals surface area contributed by atoms with Gasteiger partial charge in [0.1, 0.15) is 0 Å². The van der Waals surface area contributed by atoms with E-state index in [-0.39, 0.29) is 5.91 Å². The van der Waals surface area contributed by atoms with E-state index in [1.54, 1.807) is 12.4 Å². The summed E-state index contributed by atoms with van der Waals surface area (Å²) in [7, 11) is 0. The molecule has 0 aliphatic carbocycles. The predicted molar refractivity (Wildman–Crippen MR) is 78.4 cm³/mol. The first-order valence-corrected chi connectivity index (χ1v) is 6.50. The average Bonchev–Trinajstić information content (AvgIpc) is 2.82. The molecule has 0 saturated heterocycles. The second-order valence-corrected chi connectivity index (χ2v) is 4.71. The van der Waals surface area contributed by atoms with Crippen molar-refractivity contribution in [3.8, 4) is 0 Å². The lowest BCUT2D eigenvalue weighted by molar-refractivity contribution is 0.0952. The summed E-state index contributed by atoms with van der Waals surface area (Å²) >= 11 is 0. The summed E-state index contributed by atoms with van der Waals surface area (Å²) in [6.07, 6.45) is 3.44. The molecule has 0 radical (unpaired) electrons. The van der Waals surface area contributed by atoms with Gasteiger partial charge >= 0.3 is 0 Å². The quantitative estimate of drug-likeness (QED) is 0.765. The van der Waals surface area contributed by atoms with Crippen LogP contribution in [0, 0.1) is 6.92 Å². The number of hydrogen-bond acceptors (Lipinski definition) is 2. The molecule has 2 aromatic heterocycles. The number of aromatic amines is 1. The lowest BCUT2D eigenvalue weighted by atomic mass is 10.1. The molecule has 0 bridgehead atoms. The highest BCUT2D eigenvalue weighted by Crippen LogP contribution is 2.21. The Morgan fingerprint density at radius 2 is 1.95 bits per heavy atom. The van der Waals surface area contributed by atoms with Gasteiger partial charge in [0.05, 0.1) is 5.56 Å². The van der Waals surface area contributed by atoms with Gasteiger partial charge in [-0.1, -0.05) is 18.2 Å².